The van der Waals surface area contributed by atoms with Crippen molar-refractivity contribution in [1.29, 1.82) is 0 Å². The molecule has 0 atom stereocenters. The second-order valence-corrected chi connectivity index (χ2v) is 6.45. The minimum atomic E-state index is 0.267. The zero-order valence-corrected chi connectivity index (χ0v) is 14.7. The molecule has 0 rings (SSSR count). The van der Waals surface area contributed by atoms with E-state index in [2.05, 4.69) is 26.0 Å². The highest BCUT2D eigenvalue weighted by Crippen LogP contribution is 2.13. The molecule has 0 aliphatic heterocycles. The first-order chi connectivity index (χ1) is 10.3. The molecule has 1 nitrogen and oxygen atoms in total. The molecule has 0 spiro atoms. The lowest BCUT2D eigenvalue weighted by Crippen LogP contribution is -1.97. The fraction of sp³-hybridized carbons (Fsp3) is 0.850. The Morgan fingerprint density at radius 3 is 1.71 bits per heavy atom. The van der Waals surface area contributed by atoms with Gasteiger partial charge in [-0.3, -0.25) is 0 Å². The molecule has 0 aliphatic rings. The first kappa shape index (κ1) is 20.7. The molecule has 0 amide bonds. The van der Waals surface area contributed by atoms with Crippen molar-refractivity contribution in [1.82, 2.24) is 0 Å². The lowest BCUT2D eigenvalue weighted by atomic mass is 10.0. The van der Waals surface area contributed by atoms with Crippen LogP contribution in [0.3, 0.4) is 0 Å². The van der Waals surface area contributed by atoms with Crippen molar-refractivity contribution < 1.29 is 5.11 Å². The van der Waals surface area contributed by atoms with Gasteiger partial charge in [0.05, 0.1) is 0 Å². The van der Waals surface area contributed by atoms with Gasteiger partial charge in [0.25, 0.3) is 0 Å². The quantitative estimate of drug-likeness (QED) is 0.251. The molecule has 0 bridgehead atoms. The van der Waals surface area contributed by atoms with E-state index in [1.165, 1.54) is 89.4 Å². The molecule has 21 heavy (non-hydrogen) atoms. The Kier molecular flexibility index (Phi) is 17.5. The van der Waals surface area contributed by atoms with E-state index in [1.807, 2.05) is 0 Å². The van der Waals surface area contributed by atoms with Gasteiger partial charge in [0.15, 0.2) is 0 Å². The van der Waals surface area contributed by atoms with Crippen LogP contribution in [0, 0.1) is 5.92 Å². The monoisotopic (exact) mass is 295 g/mol. The lowest BCUT2D eigenvalue weighted by molar-refractivity contribution is 0.301. The van der Waals surface area contributed by atoms with Crippen LogP contribution in [0.25, 0.3) is 0 Å². The Morgan fingerprint density at radius 1 is 0.714 bits per heavy atom. The van der Waals surface area contributed by atoms with Crippen molar-refractivity contribution in [2.24, 2.45) is 0 Å². The van der Waals surface area contributed by atoms with Crippen molar-refractivity contribution in [2.75, 3.05) is 6.61 Å². The molecule has 0 aromatic heterocycles. The predicted octanol–water partition coefficient (Wildman–Crippen LogP) is 6.61. The fourth-order valence-electron chi connectivity index (χ4n) is 2.58. The summed E-state index contributed by atoms with van der Waals surface area (Å²) in [5, 5.41) is 8.91. The van der Waals surface area contributed by atoms with Crippen molar-refractivity contribution >= 4 is 0 Å². The second-order valence-electron chi connectivity index (χ2n) is 6.45. The first-order valence-corrected chi connectivity index (χ1v) is 9.38. The van der Waals surface area contributed by atoms with Crippen LogP contribution < -0.4 is 0 Å². The molecule has 0 fully saturated rings. The van der Waals surface area contributed by atoms with Crippen LogP contribution in [-0.4, -0.2) is 11.7 Å². The van der Waals surface area contributed by atoms with Crippen LogP contribution >= 0.6 is 0 Å². The highest BCUT2D eigenvalue weighted by atomic mass is 16.3. The summed E-state index contributed by atoms with van der Waals surface area (Å²) in [6, 6.07) is 0. The highest BCUT2D eigenvalue weighted by molar-refractivity contribution is 4.82. The van der Waals surface area contributed by atoms with Gasteiger partial charge in [0.1, 0.15) is 0 Å². The first-order valence-electron chi connectivity index (χ1n) is 9.38. The van der Waals surface area contributed by atoms with Crippen molar-refractivity contribution in [3.63, 3.8) is 0 Å². The van der Waals surface area contributed by atoms with Crippen LogP contribution in [0.5, 0.6) is 0 Å². The van der Waals surface area contributed by atoms with Gasteiger partial charge in [0.2, 0.25) is 0 Å². The Bertz CT molecular complexity index is 210. The van der Waals surface area contributed by atoms with Gasteiger partial charge in [-0.2, -0.15) is 0 Å². The van der Waals surface area contributed by atoms with Gasteiger partial charge in [-0.25, -0.2) is 0 Å². The lowest BCUT2D eigenvalue weighted by Gasteiger charge is -2.05. The average Bonchev–Trinajstić information content (AvgIpc) is 2.50. The number of aliphatic hydroxyl groups excluding tert-OH is 1. The van der Waals surface area contributed by atoms with E-state index < -0.39 is 0 Å². The molecule has 0 unspecified atom stereocenters. The molecule has 1 heteroatoms. The summed E-state index contributed by atoms with van der Waals surface area (Å²) in [6.45, 7) is 4.59. The Morgan fingerprint density at radius 2 is 1.19 bits per heavy atom. The molecule has 1 radical (unpaired) electrons. The topological polar surface area (TPSA) is 20.2 Å². The SMILES string of the molecule is CCCCCCCC/C=C\CCCCCCC[C](C)CO. The van der Waals surface area contributed by atoms with E-state index in [-0.39, 0.29) is 6.61 Å². The molecule has 1 N–H and O–H groups in total. The largest absolute Gasteiger partial charge is 0.396 e. The van der Waals surface area contributed by atoms with Crippen molar-refractivity contribution in [3.05, 3.63) is 18.1 Å². The molecule has 0 saturated carbocycles. The van der Waals surface area contributed by atoms with E-state index in [4.69, 9.17) is 5.11 Å². The number of unbranched alkanes of at least 4 members (excludes halogenated alkanes) is 11. The molecule has 0 aromatic carbocycles. The third-order valence-corrected chi connectivity index (χ3v) is 4.14. The van der Waals surface area contributed by atoms with E-state index in [0.717, 1.165) is 6.42 Å². The number of aliphatic hydroxyl groups is 1. The highest BCUT2D eigenvalue weighted by Gasteiger charge is 1.99. The van der Waals surface area contributed by atoms with E-state index in [1.54, 1.807) is 0 Å². The van der Waals surface area contributed by atoms with Gasteiger partial charge in [-0.15, -0.1) is 0 Å². The summed E-state index contributed by atoms with van der Waals surface area (Å²) in [5.41, 5.74) is 0. The van der Waals surface area contributed by atoms with Crippen LogP contribution in [0.1, 0.15) is 104 Å². The zero-order chi connectivity index (χ0) is 15.6. The smallest absolute Gasteiger partial charge is 0.0490 e. The fourth-order valence-corrected chi connectivity index (χ4v) is 2.58. The maximum Gasteiger partial charge on any atom is 0.0490 e. The molecular weight excluding hydrogens is 256 g/mol. The molecule has 0 aliphatic carbocycles. The minimum Gasteiger partial charge on any atom is -0.396 e. The summed E-state index contributed by atoms with van der Waals surface area (Å²) < 4.78 is 0. The number of allylic oxidation sites excluding steroid dienone is 2. The third-order valence-electron chi connectivity index (χ3n) is 4.14. The maximum atomic E-state index is 8.91. The van der Waals surface area contributed by atoms with Crippen LogP contribution in [-0.2, 0) is 0 Å². The Labute approximate surface area is 134 Å². The van der Waals surface area contributed by atoms with E-state index >= 15 is 0 Å². The maximum absolute atomic E-state index is 8.91. The van der Waals surface area contributed by atoms with E-state index in [0.29, 0.717) is 0 Å². The van der Waals surface area contributed by atoms with Crippen molar-refractivity contribution in [2.45, 2.75) is 104 Å². The number of rotatable bonds is 16. The molecule has 125 valence electrons. The standard InChI is InChI=1S/C20H39O/c1-3-4-5-6-7-8-9-10-11-12-13-14-15-16-17-18-20(2)19-21/h10-11,21H,3-9,12-19H2,1-2H3/b11-10-. The summed E-state index contributed by atoms with van der Waals surface area (Å²) in [7, 11) is 0. The minimum absolute atomic E-state index is 0.267. The predicted molar refractivity (Wildman–Crippen MR) is 95.5 cm³/mol. The zero-order valence-electron chi connectivity index (χ0n) is 14.7. The van der Waals surface area contributed by atoms with Crippen molar-refractivity contribution in [3.8, 4) is 0 Å². The Balaban J connectivity index is 3.08. The van der Waals surface area contributed by atoms with Gasteiger partial charge in [-0.05, 0) is 38.0 Å². The van der Waals surface area contributed by atoms with Crippen LogP contribution in [0.15, 0.2) is 12.2 Å². The van der Waals surface area contributed by atoms with Crippen LogP contribution in [0.2, 0.25) is 0 Å². The van der Waals surface area contributed by atoms with Crippen LogP contribution in [0.4, 0.5) is 0 Å². The van der Waals surface area contributed by atoms with Gasteiger partial charge >= 0.3 is 0 Å². The summed E-state index contributed by atoms with van der Waals surface area (Å²) >= 11 is 0. The second kappa shape index (κ2) is 17.8. The van der Waals surface area contributed by atoms with Gasteiger partial charge in [-0.1, -0.05) is 83.8 Å². The summed E-state index contributed by atoms with van der Waals surface area (Å²) in [6.07, 6.45) is 23.4. The molecule has 0 saturated heterocycles. The molecule has 0 aromatic rings. The van der Waals surface area contributed by atoms with E-state index in [9.17, 15) is 0 Å². The molecule has 0 heterocycles. The average molecular weight is 296 g/mol. The number of hydrogen-bond donors (Lipinski definition) is 1. The normalized spacial score (nSPS) is 11.8. The van der Waals surface area contributed by atoms with Gasteiger partial charge < -0.3 is 5.11 Å². The van der Waals surface area contributed by atoms with Gasteiger partial charge in [0, 0.05) is 6.61 Å². The third kappa shape index (κ3) is 17.6. The Hall–Kier alpha value is -0.300. The molecular formula is C20H39O. The summed E-state index contributed by atoms with van der Waals surface area (Å²) in [4.78, 5) is 0. The summed E-state index contributed by atoms with van der Waals surface area (Å²) in [5.74, 6) is 1.23. The number of hydrogen-bond acceptors (Lipinski definition) is 1.